The van der Waals surface area contributed by atoms with Gasteiger partial charge in [-0.25, -0.2) is 9.97 Å². The van der Waals surface area contributed by atoms with Gasteiger partial charge in [0, 0.05) is 72.1 Å². The van der Waals surface area contributed by atoms with Gasteiger partial charge in [-0.2, -0.15) is 0 Å². The number of piperazine rings is 2. The lowest BCUT2D eigenvalue weighted by atomic mass is 9.99. The zero-order valence-corrected chi connectivity index (χ0v) is 16.2. The van der Waals surface area contributed by atoms with Crippen molar-refractivity contribution in [2.45, 2.75) is 12.8 Å². The first-order valence-electron chi connectivity index (χ1n) is 10.0. The van der Waals surface area contributed by atoms with E-state index < -0.39 is 0 Å². The molecular formula is C19H30N6O2. The summed E-state index contributed by atoms with van der Waals surface area (Å²) in [6.07, 6.45) is 4.01. The molecule has 0 radical (unpaired) electrons. The second-order valence-corrected chi connectivity index (χ2v) is 7.81. The summed E-state index contributed by atoms with van der Waals surface area (Å²) in [7, 11) is 1.85. The Balaban J connectivity index is 1.32. The Bertz CT molecular complexity index is 643. The van der Waals surface area contributed by atoms with Gasteiger partial charge in [-0.1, -0.05) is 0 Å². The first-order valence-corrected chi connectivity index (χ1v) is 10.0. The van der Waals surface area contributed by atoms with E-state index in [9.17, 15) is 4.79 Å². The molecule has 0 aliphatic carbocycles. The van der Waals surface area contributed by atoms with Crippen LogP contribution in [0.1, 0.15) is 12.8 Å². The van der Waals surface area contributed by atoms with Crippen molar-refractivity contribution in [1.82, 2.24) is 19.8 Å². The molecule has 1 aromatic rings. The number of ether oxygens (including phenoxy) is 1. The van der Waals surface area contributed by atoms with E-state index in [0.29, 0.717) is 6.54 Å². The minimum Gasteiger partial charge on any atom is -0.381 e. The molecule has 0 bridgehead atoms. The van der Waals surface area contributed by atoms with E-state index in [0.717, 1.165) is 70.0 Å². The lowest BCUT2D eigenvalue weighted by Gasteiger charge is -2.38. The Morgan fingerprint density at radius 2 is 1.67 bits per heavy atom. The third-order valence-corrected chi connectivity index (χ3v) is 5.97. The summed E-state index contributed by atoms with van der Waals surface area (Å²) >= 11 is 0. The third-order valence-electron chi connectivity index (χ3n) is 5.97. The van der Waals surface area contributed by atoms with Crippen LogP contribution in [0, 0.1) is 5.92 Å². The molecule has 0 spiro atoms. The molecule has 3 aliphatic heterocycles. The third kappa shape index (κ3) is 4.50. The fraction of sp³-hybridized carbons (Fsp3) is 0.737. The number of amides is 1. The average molecular weight is 374 g/mol. The average Bonchev–Trinajstić information content (AvgIpc) is 2.71. The molecule has 4 rings (SSSR count). The molecule has 3 fully saturated rings. The minimum atomic E-state index is 0.142. The van der Waals surface area contributed by atoms with Crippen molar-refractivity contribution in [3.8, 4) is 0 Å². The predicted octanol–water partition coefficient (Wildman–Crippen LogP) is 0.304. The quantitative estimate of drug-likeness (QED) is 0.751. The SMILES string of the molecule is CN1CCN(c2cc(N3CCN(CC4CCOCC4)CC3)ncn2)CC1=O. The second-order valence-electron chi connectivity index (χ2n) is 7.81. The zero-order valence-electron chi connectivity index (χ0n) is 16.2. The van der Waals surface area contributed by atoms with Crippen LogP contribution in [0.3, 0.4) is 0 Å². The van der Waals surface area contributed by atoms with Crippen LogP contribution >= 0.6 is 0 Å². The Morgan fingerprint density at radius 1 is 1.00 bits per heavy atom. The fourth-order valence-corrected chi connectivity index (χ4v) is 4.09. The lowest BCUT2D eigenvalue weighted by molar-refractivity contribution is -0.129. The number of nitrogens with zero attached hydrogens (tertiary/aromatic N) is 6. The number of carbonyl (C=O) groups excluding carboxylic acids is 1. The van der Waals surface area contributed by atoms with Crippen molar-refractivity contribution in [1.29, 1.82) is 0 Å². The van der Waals surface area contributed by atoms with Gasteiger partial charge in [0.2, 0.25) is 5.91 Å². The van der Waals surface area contributed by atoms with E-state index in [1.54, 1.807) is 11.2 Å². The summed E-state index contributed by atoms with van der Waals surface area (Å²) < 4.78 is 5.47. The summed E-state index contributed by atoms with van der Waals surface area (Å²) in [5, 5.41) is 0. The van der Waals surface area contributed by atoms with Gasteiger partial charge in [0.25, 0.3) is 0 Å². The molecule has 3 aliphatic rings. The van der Waals surface area contributed by atoms with Gasteiger partial charge in [0.05, 0.1) is 6.54 Å². The van der Waals surface area contributed by atoms with E-state index >= 15 is 0 Å². The lowest BCUT2D eigenvalue weighted by Crippen LogP contribution is -2.49. The van der Waals surface area contributed by atoms with Crippen LogP contribution in [0.25, 0.3) is 0 Å². The van der Waals surface area contributed by atoms with Crippen LogP contribution in [0.2, 0.25) is 0 Å². The first-order chi connectivity index (χ1) is 13.2. The second kappa shape index (κ2) is 8.39. The summed E-state index contributed by atoms with van der Waals surface area (Å²) in [6, 6.07) is 2.03. The van der Waals surface area contributed by atoms with Crippen molar-refractivity contribution >= 4 is 17.5 Å². The maximum atomic E-state index is 12.0. The smallest absolute Gasteiger partial charge is 0.241 e. The number of aromatic nitrogens is 2. The maximum absolute atomic E-state index is 12.0. The summed E-state index contributed by atoms with van der Waals surface area (Å²) in [5.74, 6) is 2.75. The monoisotopic (exact) mass is 374 g/mol. The molecule has 27 heavy (non-hydrogen) atoms. The number of carbonyl (C=O) groups is 1. The molecule has 1 amide bonds. The molecule has 0 aromatic carbocycles. The van der Waals surface area contributed by atoms with E-state index in [4.69, 9.17) is 4.74 Å². The number of rotatable bonds is 4. The van der Waals surface area contributed by atoms with E-state index in [2.05, 4.69) is 24.7 Å². The van der Waals surface area contributed by atoms with Crippen LogP contribution in [0.4, 0.5) is 11.6 Å². The highest BCUT2D eigenvalue weighted by atomic mass is 16.5. The molecule has 0 unspecified atom stereocenters. The molecule has 8 nitrogen and oxygen atoms in total. The Morgan fingerprint density at radius 3 is 2.37 bits per heavy atom. The van der Waals surface area contributed by atoms with Gasteiger partial charge >= 0.3 is 0 Å². The topological polar surface area (TPSA) is 65.0 Å². The van der Waals surface area contributed by atoms with E-state index in [1.807, 2.05) is 13.1 Å². The van der Waals surface area contributed by atoms with Gasteiger partial charge < -0.3 is 19.4 Å². The number of hydrogen-bond donors (Lipinski definition) is 0. The fourth-order valence-electron chi connectivity index (χ4n) is 4.09. The zero-order chi connectivity index (χ0) is 18.6. The Hall–Kier alpha value is -1.93. The van der Waals surface area contributed by atoms with Crippen molar-refractivity contribution in [3.63, 3.8) is 0 Å². The Labute approximate surface area is 161 Å². The molecule has 148 valence electrons. The van der Waals surface area contributed by atoms with E-state index in [1.165, 1.54) is 19.4 Å². The molecule has 0 saturated carbocycles. The van der Waals surface area contributed by atoms with Crippen LogP contribution in [0.5, 0.6) is 0 Å². The standard InChI is InChI=1S/C19H30N6O2/c1-22-4-7-25(14-19(22)26)18-12-17(20-15-21-18)24-8-5-23(6-9-24)13-16-2-10-27-11-3-16/h12,15-16H,2-11,13-14H2,1H3. The summed E-state index contributed by atoms with van der Waals surface area (Å²) in [6.45, 7) is 9.10. The van der Waals surface area contributed by atoms with Crippen molar-refractivity contribution in [3.05, 3.63) is 12.4 Å². The summed E-state index contributed by atoms with van der Waals surface area (Å²) in [4.78, 5) is 29.6. The van der Waals surface area contributed by atoms with Gasteiger partial charge in [-0.3, -0.25) is 9.69 Å². The normalized spacial score (nSPS) is 23.1. The highest BCUT2D eigenvalue weighted by molar-refractivity contribution is 5.82. The number of likely N-dealkylation sites (N-methyl/N-ethyl adjacent to an activating group) is 1. The van der Waals surface area contributed by atoms with Gasteiger partial charge in [-0.15, -0.1) is 0 Å². The van der Waals surface area contributed by atoms with Crippen LogP contribution in [0.15, 0.2) is 12.4 Å². The molecule has 8 heteroatoms. The largest absolute Gasteiger partial charge is 0.381 e. The van der Waals surface area contributed by atoms with Gasteiger partial charge in [0.1, 0.15) is 18.0 Å². The van der Waals surface area contributed by atoms with Crippen LogP contribution in [-0.2, 0) is 9.53 Å². The minimum absolute atomic E-state index is 0.142. The van der Waals surface area contributed by atoms with Gasteiger partial charge in [0.15, 0.2) is 0 Å². The van der Waals surface area contributed by atoms with Crippen molar-refractivity contribution in [2.75, 3.05) is 82.4 Å². The highest BCUT2D eigenvalue weighted by Crippen LogP contribution is 2.22. The molecule has 1 aromatic heterocycles. The summed E-state index contributed by atoms with van der Waals surface area (Å²) in [5.41, 5.74) is 0. The van der Waals surface area contributed by atoms with Crippen molar-refractivity contribution < 1.29 is 9.53 Å². The van der Waals surface area contributed by atoms with E-state index in [-0.39, 0.29) is 5.91 Å². The molecule has 0 atom stereocenters. The number of hydrogen-bond acceptors (Lipinski definition) is 7. The van der Waals surface area contributed by atoms with Gasteiger partial charge in [-0.05, 0) is 18.8 Å². The van der Waals surface area contributed by atoms with Crippen molar-refractivity contribution in [2.24, 2.45) is 5.92 Å². The molecule has 0 N–H and O–H groups in total. The molecule has 4 heterocycles. The van der Waals surface area contributed by atoms with Crippen LogP contribution < -0.4 is 9.80 Å². The Kier molecular flexibility index (Phi) is 5.73. The molecular weight excluding hydrogens is 344 g/mol. The molecule has 3 saturated heterocycles. The number of anilines is 2. The first kappa shape index (κ1) is 18.4. The predicted molar refractivity (Wildman–Crippen MR) is 104 cm³/mol. The highest BCUT2D eigenvalue weighted by Gasteiger charge is 2.25. The maximum Gasteiger partial charge on any atom is 0.241 e. The van der Waals surface area contributed by atoms with Crippen LogP contribution in [-0.4, -0.2) is 98.3 Å².